The molecule has 0 spiro atoms. The van der Waals surface area contributed by atoms with Crippen LogP contribution in [0.25, 0.3) is 50.7 Å². The van der Waals surface area contributed by atoms with Crippen LogP contribution in [-0.2, 0) is 18.5 Å². The SMILES string of the molecule is CSF.Fc1cc(-c2ccc3nnc(C(F)(F)F)n3n2)cnc1OC1CC(F)(F)C1(F)F.Fc1cc(-c2ccc3nnc(C(F)(F)F)n3n2)cnc1O[C@@H]1CC(F)(F)C1(F)F.Fc1cc(-c2ccc3nnc(C(F)(F)F)n3n2)cnc1O[C@H]1CC(F)(F)C1(F)F. The minimum atomic E-state index is -4.84. The monoisotopic (exact) mass is 1340 g/mol. The molecule has 44 heteroatoms. The first-order valence-corrected chi connectivity index (χ1v) is 25.0. The van der Waals surface area contributed by atoms with Crippen LogP contribution in [0.15, 0.2) is 73.2 Å². The first kappa shape index (κ1) is 65.5. The van der Waals surface area contributed by atoms with E-state index in [4.69, 9.17) is 0 Å². The largest absolute Gasteiger partial charge is 0.465 e. The number of fused-ring (bicyclic) bond motifs is 3. The Morgan fingerprint density at radius 3 is 0.833 bits per heavy atom. The van der Waals surface area contributed by atoms with E-state index in [9.17, 15) is 109 Å². The molecule has 9 aromatic rings. The predicted octanol–water partition coefficient (Wildman–Crippen LogP) is 12.5. The molecule has 0 amide bonds. The number of alkyl halides is 21. The lowest BCUT2D eigenvalue weighted by atomic mass is 9.85. The van der Waals surface area contributed by atoms with Crippen LogP contribution >= 0.6 is 12.1 Å². The van der Waals surface area contributed by atoms with Crippen LogP contribution < -0.4 is 14.2 Å². The Morgan fingerprint density at radius 2 is 0.644 bits per heavy atom. The van der Waals surface area contributed by atoms with Crippen molar-refractivity contribution in [3.8, 4) is 51.4 Å². The van der Waals surface area contributed by atoms with E-state index in [2.05, 4.69) is 75.1 Å². The molecule has 3 aliphatic carbocycles. The summed E-state index contributed by atoms with van der Waals surface area (Å²) >= 11 is 0.250. The van der Waals surface area contributed by atoms with Gasteiger partial charge in [-0.2, -0.15) is 125 Å². The normalized spacial score (nSPS) is 20.0. The molecule has 90 heavy (non-hydrogen) atoms. The van der Waals surface area contributed by atoms with Gasteiger partial charge in [-0.25, -0.2) is 28.1 Å². The molecule has 3 fully saturated rings. The number of aromatic nitrogens is 15. The molecule has 0 N–H and O–H groups in total. The maximum Gasteiger partial charge on any atom is 0.453 e. The summed E-state index contributed by atoms with van der Waals surface area (Å²) in [5.41, 5.74) is -1.52. The van der Waals surface area contributed by atoms with Gasteiger partial charge in [0, 0.05) is 53.7 Å². The summed E-state index contributed by atoms with van der Waals surface area (Å²) in [5.74, 6) is -37.1. The molecule has 3 aliphatic rings. The van der Waals surface area contributed by atoms with E-state index < -0.39 is 144 Å². The lowest BCUT2D eigenvalue weighted by Crippen LogP contribution is -2.64. The summed E-state index contributed by atoms with van der Waals surface area (Å²) in [7, 11) is 0. The van der Waals surface area contributed by atoms with E-state index in [1.54, 1.807) is 0 Å². The highest BCUT2D eigenvalue weighted by atomic mass is 32.2. The number of ether oxygens (including phenoxy) is 3. The van der Waals surface area contributed by atoms with Crippen molar-refractivity contribution in [3.05, 3.63) is 108 Å². The van der Waals surface area contributed by atoms with Crippen molar-refractivity contribution in [3.63, 3.8) is 0 Å². The topological polar surface area (TPSA) is 196 Å². The Hall–Kier alpha value is -8.90. The standard InChI is InChI=1S/3C15H7F8N5O.CH3FS/c3*16-7-3-6(5-24-11(7)29-9-4-13(17,18)14(9,19)20)8-1-2-10-25-26-12(15(21,22)23)28(10)27-8;1-3-2/h3*1-3,5,9H,4H2;1H3/t2*9-;;/m10../s1. The highest BCUT2D eigenvalue weighted by Crippen LogP contribution is 2.55. The fourth-order valence-corrected chi connectivity index (χ4v) is 7.87. The summed E-state index contributed by atoms with van der Waals surface area (Å²) in [5, 5.41) is 29.9. The summed E-state index contributed by atoms with van der Waals surface area (Å²) in [6.45, 7) is 0. The van der Waals surface area contributed by atoms with Crippen LogP contribution in [0.4, 0.5) is 109 Å². The number of pyridine rings is 3. The van der Waals surface area contributed by atoms with Crippen molar-refractivity contribution in [2.45, 2.75) is 91.6 Å². The fraction of sp³-hybridized carbons (Fsp3) is 0.348. The van der Waals surface area contributed by atoms with E-state index in [1.165, 1.54) is 24.5 Å². The molecule has 482 valence electrons. The second-order valence-electron chi connectivity index (χ2n) is 18.6. The molecular weight excluding hydrogens is 1320 g/mol. The Balaban J connectivity index is 0.000000156. The molecule has 18 nitrogen and oxygen atoms in total. The van der Waals surface area contributed by atoms with Gasteiger partial charge in [-0.3, -0.25) is 0 Å². The molecular formula is C46H24F25N15O3S. The van der Waals surface area contributed by atoms with Gasteiger partial charge in [-0.15, -0.1) is 30.6 Å². The van der Waals surface area contributed by atoms with E-state index in [0.29, 0.717) is 31.7 Å². The van der Waals surface area contributed by atoms with E-state index in [1.807, 2.05) is 0 Å². The van der Waals surface area contributed by atoms with E-state index >= 15 is 0 Å². The van der Waals surface area contributed by atoms with E-state index in [0.717, 1.165) is 36.8 Å². The van der Waals surface area contributed by atoms with Gasteiger partial charge in [0.1, 0.15) is 0 Å². The van der Waals surface area contributed by atoms with Gasteiger partial charge in [0.2, 0.25) is 0 Å². The number of rotatable bonds is 9. The maximum atomic E-state index is 14.2. The Kier molecular flexibility index (Phi) is 16.6. The first-order valence-electron chi connectivity index (χ1n) is 23.9. The molecule has 9 aromatic heterocycles. The average Bonchev–Trinajstić information content (AvgIpc) is 1.10. The van der Waals surface area contributed by atoms with Gasteiger partial charge in [0.05, 0.1) is 36.3 Å². The zero-order valence-electron chi connectivity index (χ0n) is 43.1. The smallest absolute Gasteiger partial charge is 0.453 e. The second kappa shape index (κ2) is 22.8. The molecule has 3 atom stereocenters. The molecule has 3 saturated carbocycles. The van der Waals surface area contributed by atoms with Gasteiger partial charge < -0.3 is 14.2 Å². The summed E-state index contributed by atoms with van der Waals surface area (Å²) in [4.78, 5) is 10.4. The molecule has 12 rings (SSSR count). The molecule has 0 radical (unpaired) electrons. The van der Waals surface area contributed by atoms with Gasteiger partial charge in [0.15, 0.2) is 52.7 Å². The summed E-state index contributed by atoms with van der Waals surface area (Å²) < 4.78 is 340. The van der Waals surface area contributed by atoms with Gasteiger partial charge in [-0.05, 0) is 54.6 Å². The van der Waals surface area contributed by atoms with Crippen LogP contribution in [0.1, 0.15) is 36.7 Å². The van der Waals surface area contributed by atoms with Crippen molar-refractivity contribution >= 4 is 29.1 Å². The number of halogens is 25. The van der Waals surface area contributed by atoms with Crippen LogP contribution in [0, 0.1) is 17.5 Å². The third kappa shape index (κ3) is 12.3. The zero-order valence-corrected chi connectivity index (χ0v) is 43.9. The van der Waals surface area contributed by atoms with E-state index in [-0.39, 0.29) is 62.9 Å². The Morgan fingerprint density at radius 1 is 0.411 bits per heavy atom. The molecule has 0 aromatic carbocycles. The number of hydrogen-bond acceptors (Lipinski definition) is 16. The van der Waals surface area contributed by atoms with Crippen molar-refractivity contribution < 1.29 is 123 Å². The van der Waals surface area contributed by atoms with Crippen molar-refractivity contribution in [2.75, 3.05) is 6.26 Å². The third-order valence-electron chi connectivity index (χ3n) is 12.6. The fourth-order valence-electron chi connectivity index (χ4n) is 7.87. The molecule has 0 saturated heterocycles. The first-order chi connectivity index (χ1) is 41.6. The Bertz CT molecular complexity index is 3730. The molecule has 1 unspecified atom stereocenters. The number of nitrogens with zero attached hydrogens (tertiary/aromatic N) is 15. The van der Waals surface area contributed by atoms with Crippen molar-refractivity contribution in [1.82, 2.24) is 74.4 Å². The summed E-state index contributed by atoms with van der Waals surface area (Å²) in [6.07, 6.45) is -21.2. The minimum absolute atomic E-state index is 0.121. The molecule has 9 heterocycles. The van der Waals surface area contributed by atoms with Crippen LogP contribution in [0.2, 0.25) is 0 Å². The minimum Gasteiger partial charge on any atom is -0.465 e. The lowest BCUT2D eigenvalue weighted by molar-refractivity contribution is -0.325. The predicted molar refractivity (Wildman–Crippen MR) is 248 cm³/mol. The van der Waals surface area contributed by atoms with Gasteiger partial charge >= 0.3 is 54.1 Å². The molecule has 0 bridgehead atoms. The average molecular weight is 1340 g/mol. The van der Waals surface area contributed by atoms with Crippen LogP contribution in [-0.4, -0.2) is 134 Å². The quantitative estimate of drug-likeness (QED) is 0.124. The van der Waals surface area contributed by atoms with Crippen molar-refractivity contribution in [1.29, 1.82) is 0 Å². The van der Waals surface area contributed by atoms with Crippen molar-refractivity contribution in [2.24, 2.45) is 0 Å². The second-order valence-corrected chi connectivity index (χ2v) is 18.9. The van der Waals surface area contributed by atoms with Gasteiger partial charge in [-0.1, -0.05) is 0 Å². The van der Waals surface area contributed by atoms with Gasteiger partial charge in [0.25, 0.3) is 35.1 Å². The Labute approximate surface area is 483 Å². The van der Waals surface area contributed by atoms with Crippen LogP contribution in [0.3, 0.4) is 0 Å². The molecule has 0 aliphatic heterocycles. The zero-order chi connectivity index (χ0) is 66.3. The van der Waals surface area contributed by atoms with Crippen LogP contribution in [0.5, 0.6) is 17.6 Å². The highest BCUT2D eigenvalue weighted by Gasteiger charge is 2.75. The lowest BCUT2D eigenvalue weighted by Gasteiger charge is -2.42. The third-order valence-corrected chi connectivity index (χ3v) is 12.6. The summed E-state index contributed by atoms with van der Waals surface area (Å²) in [6, 6.07) is 9.19. The number of hydrogen-bond donors (Lipinski definition) is 0. The maximum absolute atomic E-state index is 14.2. The highest BCUT2D eigenvalue weighted by molar-refractivity contribution is 7.93.